The highest BCUT2D eigenvalue weighted by molar-refractivity contribution is 5.34. The molecule has 7 nitrogen and oxygen atoms in total. The minimum Gasteiger partial charge on any atom is -0.339 e. The highest BCUT2D eigenvalue weighted by Crippen LogP contribution is 2.17. The van der Waals surface area contributed by atoms with Crippen LogP contribution in [0.15, 0.2) is 22.7 Å². The molecule has 0 aliphatic heterocycles. The third-order valence-electron chi connectivity index (χ3n) is 2.62. The van der Waals surface area contributed by atoms with Crippen LogP contribution in [0.1, 0.15) is 17.3 Å². The molecule has 1 N–H and O–H groups in total. The van der Waals surface area contributed by atoms with E-state index in [1.54, 1.807) is 6.92 Å². The maximum Gasteiger partial charge on any atom is 0.304 e. The van der Waals surface area contributed by atoms with Gasteiger partial charge in [-0.15, -0.1) is 0 Å². The summed E-state index contributed by atoms with van der Waals surface area (Å²) in [5.74, 6) is 0.282. The quantitative estimate of drug-likeness (QED) is 0.492. The molecule has 1 aromatic carbocycles. The van der Waals surface area contributed by atoms with Gasteiger partial charge in [0.1, 0.15) is 0 Å². The van der Waals surface area contributed by atoms with Gasteiger partial charge in [0.15, 0.2) is 5.82 Å². The van der Waals surface area contributed by atoms with Gasteiger partial charge in [-0.3, -0.25) is 10.1 Å². The van der Waals surface area contributed by atoms with Crippen molar-refractivity contribution in [1.82, 2.24) is 15.5 Å². The summed E-state index contributed by atoms with van der Waals surface area (Å²) < 4.78 is 18.3. The first-order valence-electron chi connectivity index (χ1n) is 5.99. The number of rotatable bonds is 6. The van der Waals surface area contributed by atoms with Crippen LogP contribution in [-0.2, 0) is 13.0 Å². The summed E-state index contributed by atoms with van der Waals surface area (Å²) in [6.07, 6.45) is 0.566. The van der Waals surface area contributed by atoms with Crippen LogP contribution in [0, 0.1) is 22.9 Å². The number of aryl methyl sites for hydroxylation is 1. The zero-order valence-corrected chi connectivity index (χ0v) is 10.8. The Hall–Kier alpha value is -2.35. The lowest BCUT2D eigenvalue weighted by molar-refractivity contribution is -0.387. The van der Waals surface area contributed by atoms with E-state index in [1.807, 2.05) is 0 Å². The number of nitrogens with one attached hydrogen (secondary N) is 1. The minimum absolute atomic E-state index is 0.405. The maximum absolute atomic E-state index is 13.4. The van der Waals surface area contributed by atoms with Gasteiger partial charge in [-0.05, 0) is 18.6 Å². The zero-order chi connectivity index (χ0) is 14.5. The van der Waals surface area contributed by atoms with E-state index in [-0.39, 0.29) is 0 Å². The van der Waals surface area contributed by atoms with E-state index in [0.29, 0.717) is 36.8 Å². The first-order valence-corrected chi connectivity index (χ1v) is 5.99. The normalized spacial score (nSPS) is 10.7. The molecule has 0 saturated carbocycles. The van der Waals surface area contributed by atoms with E-state index in [1.165, 1.54) is 6.07 Å². The average molecular weight is 280 g/mol. The molecule has 0 saturated heterocycles. The Balaban J connectivity index is 1.82. The molecule has 0 spiro atoms. The second kappa shape index (κ2) is 6.20. The number of benzene rings is 1. The van der Waals surface area contributed by atoms with E-state index < -0.39 is 16.4 Å². The highest BCUT2D eigenvalue weighted by Gasteiger charge is 2.13. The minimum atomic E-state index is -0.832. The number of nitro benzene ring substituents is 1. The van der Waals surface area contributed by atoms with E-state index in [0.717, 1.165) is 12.1 Å². The maximum atomic E-state index is 13.4. The summed E-state index contributed by atoms with van der Waals surface area (Å²) in [5.41, 5.74) is 0.116. The Morgan fingerprint density at radius 1 is 1.50 bits per heavy atom. The lowest BCUT2D eigenvalue weighted by atomic mass is 10.2. The average Bonchev–Trinajstić information content (AvgIpc) is 2.80. The third kappa shape index (κ3) is 3.58. The molecule has 106 valence electrons. The summed E-state index contributed by atoms with van der Waals surface area (Å²) in [4.78, 5) is 13.8. The molecule has 0 aliphatic rings. The first-order chi connectivity index (χ1) is 9.56. The predicted octanol–water partition coefficient (Wildman–Crippen LogP) is 1.76. The summed E-state index contributed by atoms with van der Waals surface area (Å²) in [6, 6.07) is 3.83. The molecule has 0 amide bonds. The highest BCUT2D eigenvalue weighted by atomic mass is 19.1. The molecule has 20 heavy (non-hydrogen) atoms. The van der Waals surface area contributed by atoms with Crippen LogP contribution in [0.2, 0.25) is 0 Å². The SMILES string of the molecule is Cc1noc(CCNCc2ccc([N+](=O)[O-])c(F)c2)n1. The van der Waals surface area contributed by atoms with Crippen molar-refractivity contribution in [2.45, 2.75) is 19.9 Å². The fourth-order valence-electron chi connectivity index (χ4n) is 1.68. The fraction of sp³-hybridized carbons (Fsp3) is 0.333. The largest absolute Gasteiger partial charge is 0.339 e. The van der Waals surface area contributed by atoms with Gasteiger partial charge in [-0.25, -0.2) is 0 Å². The Labute approximate surface area is 114 Å². The van der Waals surface area contributed by atoms with Crippen molar-refractivity contribution < 1.29 is 13.8 Å². The van der Waals surface area contributed by atoms with Crippen LogP contribution in [0.3, 0.4) is 0 Å². The number of aromatic nitrogens is 2. The molecular weight excluding hydrogens is 267 g/mol. The molecule has 2 aromatic rings. The van der Waals surface area contributed by atoms with Crippen molar-refractivity contribution in [3.8, 4) is 0 Å². The molecule has 0 bridgehead atoms. The molecule has 1 aromatic heterocycles. The summed E-state index contributed by atoms with van der Waals surface area (Å²) in [7, 11) is 0. The third-order valence-corrected chi connectivity index (χ3v) is 2.62. The Morgan fingerprint density at radius 2 is 2.30 bits per heavy atom. The van der Waals surface area contributed by atoms with E-state index in [2.05, 4.69) is 15.5 Å². The molecule has 0 radical (unpaired) electrons. The Morgan fingerprint density at radius 3 is 2.90 bits per heavy atom. The fourth-order valence-corrected chi connectivity index (χ4v) is 1.68. The van der Waals surface area contributed by atoms with Gasteiger partial charge in [0.2, 0.25) is 11.7 Å². The summed E-state index contributed by atoms with van der Waals surface area (Å²) in [5, 5.41) is 17.2. The van der Waals surface area contributed by atoms with Gasteiger partial charge < -0.3 is 9.84 Å². The number of halogens is 1. The molecule has 8 heteroatoms. The number of hydrogen-bond acceptors (Lipinski definition) is 6. The van der Waals surface area contributed by atoms with Crippen molar-refractivity contribution in [1.29, 1.82) is 0 Å². The summed E-state index contributed by atoms with van der Waals surface area (Å²) >= 11 is 0. The Kier molecular flexibility index (Phi) is 4.36. The van der Waals surface area contributed by atoms with Crippen LogP contribution in [0.5, 0.6) is 0 Å². The zero-order valence-electron chi connectivity index (χ0n) is 10.8. The number of hydrogen-bond donors (Lipinski definition) is 1. The van der Waals surface area contributed by atoms with Gasteiger partial charge in [0.05, 0.1) is 4.92 Å². The number of nitrogens with zero attached hydrogens (tertiary/aromatic N) is 3. The van der Waals surface area contributed by atoms with Gasteiger partial charge >= 0.3 is 5.69 Å². The van der Waals surface area contributed by atoms with Crippen LogP contribution in [-0.4, -0.2) is 21.6 Å². The summed E-state index contributed by atoms with van der Waals surface area (Å²) in [6.45, 7) is 2.72. The molecular formula is C12H13FN4O3. The second-order valence-electron chi connectivity index (χ2n) is 4.20. The van der Waals surface area contributed by atoms with E-state index >= 15 is 0 Å². The topological polar surface area (TPSA) is 94.1 Å². The van der Waals surface area contributed by atoms with Crippen LogP contribution < -0.4 is 5.32 Å². The molecule has 2 rings (SSSR count). The molecule has 0 aliphatic carbocycles. The smallest absolute Gasteiger partial charge is 0.304 e. The van der Waals surface area contributed by atoms with E-state index in [4.69, 9.17) is 4.52 Å². The standard InChI is InChI=1S/C12H13FN4O3/c1-8-15-12(20-16-8)4-5-14-7-9-2-3-11(17(18)19)10(13)6-9/h2-3,6,14H,4-5,7H2,1H3. The Bertz CT molecular complexity index is 614. The van der Waals surface area contributed by atoms with Crippen molar-refractivity contribution in [3.63, 3.8) is 0 Å². The lowest BCUT2D eigenvalue weighted by Gasteiger charge is -2.03. The van der Waals surface area contributed by atoms with Gasteiger partial charge in [0, 0.05) is 25.6 Å². The van der Waals surface area contributed by atoms with Crippen LogP contribution >= 0.6 is 0 Å². The second-order valence-corrected chi connectivity index (χ2v) is 4.20. The van der Waals surface area contributed by atoms with Crippen LogP contribution in [0.4, 0.5) is 10.1 Å². The molecule has 0 unspecified atom stereocenters. The monoisotopic (exact) mass is 280 g/mol. The van der Waals surface area contributed by atoms with E-state index in [9.17, 15) is 14.5 Å². The van der Waals surface area contributed by atoms with Gasteiger partial charge in [0.25, 0.3) is 0 Å². The molecule has 0 fully saturated rings. The van der Waals surface area contributed by atoms with Gasteiger partial charge in [-0.1, -0.05) is 11.2 Å². The van der Waals surface area contributed by atoms with Crippen molar-refractivity contribution >= 4 is 5.69 Å². The van der Waals surface area contributed by atoms with Crippen molar-refractivity contribution in [2.24, 2.45) is 0 Å². The first kappa shape index (κ1) is 14.1. The van der Waals surface area contributed by atoms with Crippen molar-refractivity contribution in [2.75, 3.05) is 6.54 Å². The predicted molar refractivity (Wildman–Crippen MR) is 67.5 cm³/mol. The molecule has 1 heterocycles. The van der Waals surface area contributed by atoms with Crippen molar-refractivity contribution in [3.05, 3.63) is 51.4 Å². The molecule has 0 atom stereocenters. The van der Waals surface area contributed by atoms with Crippen LogP contribution in [0.25, 0.3) is 0 Å². The van der Waals surface area contributed by atoms with Gasteiger partial charge in [-0.2, -0.15) is 9.37 Å². The lowest BCUT2D eigenvalue weighted by Crippen LogP contribution is -2.17. The number of nitro groups is 1.